The van der Waals surface area contributed by atoms with Gasteiger partial charge in [0.25, 0.3) is 0 Å². The summed E-state index contributed by atoms with van der Waals surface area (Å²) < 4.78 is 1.92. The molecule has 17 heavy (non-hydrogen) atoms. The van der Waals surface area contributed by atoms with Gasteiger partial charge in [-0.1, -0.05) is 6.92 Å². The van der Waals surface area contributed by atoms with E-state index >= 15 is 0 Å². The van der Waals surface area contributed by atoms with Gasteiger partial charge in [-0.05, 0) is 26.3 Å². The first-order chi connectivity index (χ1) is 8.26. The fourth-order valence-corrected chi connectivity index (χ4v) is 1.82. The molecule has 0 spiro atoms. The van der Waals surface area contributed by atoms with Crippen LogP contribution in [0.15, 0.2) is 12.4 Å². The van der Waals surface area contributed by atoms with Crippen molar-refractivity contribution in [1.82, 2.24) is 19.6 Å². The fraction of sp³-hybridized carbons (Fsp3) is 0.545. The topological polar surface area (TPSA) is 81.1 Å². The zero-order chi connectivity index (χ0) is 12.3. The second kappa shape index (κ2) is 5.09. The number of aromatic nitrogens is 4. The van der Waals surface area contributed by atoms with E-state index < -0.39 is 0 Å². The maximum absolute atomic E-state index is 5.58. The smallest absolute Gasteiger partial charge is 0.203 e. The molecule has 6 nitrogen and oxygen atoms in total. The Morgan fingerprint density at radius 1 is 1.47 bits per heavy atom. The minimum absolute atomic E-state index is 0.329. The second-order valence-electron chi connectivity index (χ2n) is 4.04. The highest BCUT2D eigenvalue weighted by molar-refractivity contribution is 5.62. The third kappa shape index (κ3) is 2.36. The van der Waals surface area contributed by atoms with Gasteiger partial charge in [0.2, 0.25) is 5.65 Å². The summed E-state index contributed by atoms with van der Waals surface area (Å²) in [6.07, 6.45) is 5.54. The van der Waals surface area contributed by atoms with Crippen molar-refractivity contribution in [2.75, 3.05) is 11.9 Å². The molecule has 0 aliphatic rings. The summed E-state index contributed by atoms with van der Waals surface area (Å²) in [5.41, 5.74) is 6.35. The summed E-state index contributed by atoms with van der Waals surface area (Å²) in [5.74, 6) is 1.63. The van der Waals surface area contributed by atoms with E-state index in [2.05, 4.69) is 27.4 Å². The number of nitrogens with two attached hydrogens (primary N) is 1. The van der Waals surface area contributed by atoms with Crippen molar-refractivity contribution in [2.45, 2.75) is 32.7 Å². The normalized spacial score (nSPS) is 12.9. The van der Waals surface area contributed by atoms with Gasteiger partial charge in [-0.15, -0.1) is 10.2 Å². The van der Waals surface area contributed by atoms with Crippen LogP contribution in [0.2, 0.25) is 0 Å². The Balaban J connectivity index is 2.29. The van der Waals surface area contributed by atoms with Crippen molar-refractivity contribution < 1.29 is 0 Å². The predicted octanol–water partition coefficient (Wildman–Crippen LogP) is 0.972. The average molecular weight is 234 g/mol. The van der Waals surface area contributed by atoms with Crippen molar-refractivity contribution >= 4 is 11.5 Å². The number of rotatable bonds is 5. The monoisotopic (exact) mass is 234 g/mol. The molecule has 0 aliphatic heterocycles. The van der Waals surface area contributed by atoms with Crippen LogP contribution in [0.1, 0.15) is 25.6 Å². The Hall–Kier alpha value is -1.69. The zero-order valence-electron chi connectivity index (χ0n) is 10.2. The molecule has 0 radical (unpaired) electrons. The van der Waals surface area contributed by atoms with Crippen molar-refractivity contribution in [1.29, 1.82) is 0 Å². The van der Waals surface area contributed by atoms with Crippen LogP contribution in [0, 0.1) is 6.92 Å². The number of hydrogen-bond acceptors (Lipinski definition) is 5. The molecule has 0 bridgehead atoms. The fourth-order valence-electron chi connectivity index (χ4n) is 1.82. The Morgan fingerprint density at radius 2 is 2.29 bits per heavy atom. The third-order valence-electron chi connectivity index (χ3n) is 2.85. The first kappa shape index (κ1) is 11.8. The van der Waals surface area contributed by atoms with E-state index in [4.69, 9.17) is 5.73 Å². The standard InChI is InChI=1S/C11H18N6/c1-3-9(4-5-12)14-10-11-16-15-8(2)17(11)7-6-13-10/h6-7,9H,3-5,12H2,1-2H3,(H,13,14). The van der Waals surface area contributed by atoms with Gasteiger partial charge < -0.3 is 11.1 Å². The molecule has 0 aromatic carbocycles. The van der Waals surface area contributed by atoms with E-state index in [1.807, 2.05) is 17.5 Å². The van der Waals surface area contributed by atoms with Gasteiger partial charge in [0, 0.05) is 18.4 Å². The number of nitrogens with zero attached hydrogens (tertiary/aromatic N) is 4. The average Bonchev–Trinajstić information content (AvgIpc) is 2.72. The second-order valence-corrected chi connectivity index (χ2v) is 4.04. The molecular weight excluding hydrogens is 216 g/mol. The highest BCUT2D eigenvalue weighted by Gasteiger charge is 2.11. The van der Waals surface area contributed by atoms with Crippen LogP contribution in [0.25, 0.3) is 5.65 Å². The Kier molecular flexibility index (Phi) is 3.53. The number of aryl methyl sites for hydroxylation is 1. The SMILES string of the molecule is CCC(CCN)Nc1nccn2c(C)nnc12. The van der Waals surface area contributed by atoms with Crippen LogP contribution in [0.5, 0.6) is 0 Å². The van der Waals surface area contributed by atoms with Crippen LogP contribution in [0.3, 0.4) is 0 Å². The zero-order valence-corrected chi connectivity index (χ0v) is 10.2. The molecule has 0 saturated heterocycles. The van der Waals surface area contributed by atoms with Crippen molar-refractivity contribution in [3.05, 3.63) is 18.2 Å². The third-order valence-corrected chi connectivity index (χ3v) is 2.85. The Bertz CT molecular complexity index is 492. The highest BCUT2D eigenvalue weighted by atomic mass is 15.3. The maximum atomic E-state index is 5.58. The molecule has 0 amide bonds. The molecule has 92 valence electrons. The first-order valence-corrected chi connectivity index (χ1v) is 5.89. The minimum Gasteiger partial charge on any atom is -0.364 e. The van der Waals surface area contributed by atoms with Crippen LogP contribution >= 0.6 is 0 Å². The summed E-state index contributed by atoms with van der Waals surface area (Å²) in [5, 5.41) is 11.5. The summed E-state index contributed by atoms with van der Waals surface area (Å²) in [6, 6.07) is 0.329. The summed E-state index contributed by atoms with van der Waals surface area (Å²) in [7, 11) is 0. The lowest BCUT2D eigenvalue weighted by atomic mass is 10.1. The minimum atomic E-state index is 0.329. The molecule has 1 unspecified atom stereocenters. The molecule has 1 atom stereocenters. The van der Waals surface area contributed by atoms with Gasteiger partial charge in [0.15, 0.2) is 5.82 Å². The van der Waals surface area contributed by atoms with Gasteiger partial charge in [-0.2, -0.15) is 0 Å². The predicted molar refractivity (Wildman–Crippen MR) is 66.9 cm³/mol. The van der Waals surface area contributed by atoms with Gasteiger partial charge in [-0.25, -0.2) is 4.98 Å². The number of fused-ring (bicyclic) bond motifs is 1. The van der Waals surface area contributed by atoms with E-state index in [1.165, 1.54) is 0 Å². The molecule has 2 rings (SSSR count). The van der Waals surface area contributed by atoms with Crippen LogP contribution < -0.4 is 11.1 Å². The van der Waals surface area contributed by atoms with Gasteiger partial charge in [0.1, 0.15) is 5.82 Å². The van der Waals surface area contributed by atoms with Crippen LogP contribution in [-0.2, 0) is 0 Å². The molecular formula is C11H18N6. The van der Waals surface area contributed by atoms with Gasteiger partial charge >= 0.3 is 0 Å². The Morgan fingerprint density at radius 3 is 3.00 bits per heavy atom. The van der Waals surface area contributed by atoms with Gasteiger partial charge in [0.05, 0.1) is 0 Å². The summed E-state index contributed by atoms with van der Waals surface area (Å²) in [6.45, 7) is 4.71. The molecule has 2 aromatic rings. The lowest BCUT2D eigenvalue weighted by molar-refractivity contribution is 0.639. The molecule has 0 aliphatic carbocycles. The van der Waals surface area contributed by atoms with Crippen LogP contribution in [0.4, 0.5) is 5.82 Å². The molecule has 0 fully saturated rings. The van der Waals surface area contributed by atoms with E-state index in [-0.39, 0.29) is 0 Å². The molecule has 3 N–H and O–H groups in total. The van der Waals surface area contributed by atoms with Crippen molar-refractivity contribution in [2.24, 2.45) is 5.73 Å². The van der Waals surface area contributed by atoms with E-state index in [1.54, 1.807) is 6.20 Å². The van der Waals surface area contributed by atoms with E-state index in [9.17, 15) is 0 Å². The van der Waals surface area contributed by atoms with Crippen molar-refractivity contribution in [3.8, 4) is 0 Å². The van der Waals surface area contributed by atoms with Crippen molar-refractivity contribution in [3.63, 3.8) is 0 Å². The molecule has 2 heterocycles. The number of anilines is 1. The van der Waals surface area contributed by atoms with E-state index in [0.29, 0.717) is 12.6 Å². The molecule has 6 heteroatoms. The lowest BCUT2D eigenvalue weighted by Gasteiger charge is -2.16. The van der Waals surface area contributed by atoms with E-state index in [0.717, 1.165) is 30.1 Å². The largest absolute Gasteiger partial charge is 0.364 e. The summed E-state index contributed by atoms with van der Waals surface area (Å²) >= 11 is 0. The molecule has 2 aromatic heterocycles. The Labute approximate surface area is 100 Å². The summed E-state index contributed by atoms with van der Waals surface area (Å²) in [4.78, 5) is 4.31. The molecule has 0 saturated carbocycles. The van der Waals surface area contributed by atoms with Crippen LogP contribution in [-0.4, -0.2) is 32.2 Å². The lowest BCUT2D eigenvalue weighted by Crippen LogP contribution is -2.23. The number of nitrogens with one attached hydrogen (secondary N) is 1. The first-order valence-electron chi connectivity index (χ1n) is 5.89. The maximum Gasteiger partial charge on any atom is 0.203 e. The quantitative estimate of drug-likeness (QED) is 0.805. The highest BCUT2D eigenvalue weighted by Crippen LogP contribution is 2.14. The number of hydrogen-bond donors (Lipinski definition) is 2. The van der Waals surface area contributed by atoms with Gasteiger partial charge in [-0.3, -0.25) is 4.40 Å².